The Morgan fingerprint density at radius 3 is 1.00 bits per heavy atom. The molecule has 0 N–H and O–H groups in total. The molecule has 0 unspecified atom stereocenters. The van der Waals surface area contributed by atoms with Crippen molar-refractivity contribution in [2.24, 2.45) is 0 Å². The zero-order valence-corrected chi connectivity index (χ0v) is 7.20. The fraction of sp³-hybridized carbons (Fsp3) is 0. The first-order chi connectivity index (χ1) is 1.00. The van der Waals surface area contributed by atoms with Crippen LogP contribution in [0, 0.1) is 0 Å². The third-order valence-corrected chi connectivity index (χ3v) is 0. The standard InChI is InChI=1S/2Li.2O.Pb/q2*+1;;-2;. The molecule has 0 saturated carbocycles. The van der Waals surface area contributed by atoms with Crippen LogP contribution in [0.15, 0.2) is 0 Å². The van der Waals surface area contributed by atoms with Crippen LogP contribution in [0.3, 0.4) is 0 Å². The summed E-state index contributed by atoms with van der Waals surface area (Å²) >= 11 is 0.0556. The van der Waals surface area contributed by atoms with Gasteiger partial charge >= 0.3 is 66.2 Å². The van der Waals surface area contributed by atoms with Crippen molar-refractivity contribution in [2.75, 3.05) is 0 Å². The second kappa shape index (κ2) is 39.7. The minimum atomic E-state index is 0. The Labute approximate surface area is 70.9 Å². The number of hydrogen-bond donors (Lipinski definition) is 0. The summed E-state index contributed by atoms with van der Waals surface area (Å²) in [6.45, 7) is 0. The van der Waals surface area contributed by atoms with Crippen LogP contribution >= 0.6 is 0 Å². The summed E-state index contributed by atoms with van der Waals surface area (Å²) in [5, 5.41) is 0. The molecule has 2 radical (unpaired) electrons. The maximum atomic E-state index is 8.39. The van der Waals surface area contributed by atoms with Crippen LogP contribution in [0.2, 0.25) is 0 Å². The molecule has 0 saturated heterocycles. The van der Waals surface area contributed by atoms with Gasteiger partial charge in [-0.15, -0.1) is 0 Å². The molecule has 0 aliphatic heterocycles. The first-order valence-corrected chi connectivity index (χ1v) is 1.79. The Morgan fingerprint density at radius 2 is 1.00 bits per heavy atom. The average molecular weight is 253 g/mol. The van der Waals surface area contributed by atoms with Gasteiger partial charge in [-0.25, -0.2) is 0 Å². The Morgan fingerprint density at radius 1 is 1.00 bits per heavy atom. The molecule has 5 heteroatoms. The minimum absolute atomic E-state index is 0. The zero-order valence-electron chi connectivity index (χ0n) is 3.32. The van der Waals surface area contributed by atoms with Gasteiger partial charge in [0, 0.05) is 0 Å². The predicted octanol–water partition coefficient (Wildman–Crippen LogP) is -6.61. The van der Waals surface area contributed by atoms with Crippen molar-refractivity contribution in [3.63, 3.8) is 0 Å². The van der Waals surface area contributed by atoms with Crippen molar-refractivity contribution in [3.8, 4) is 0 Å². The first kappa shape index (κ1) is 28.7. The van der Waals surface area contributed by atoms with Crippen LogP contribution in [-0.2, 0) is 8.16 Å². The Bertz CT molecular complexity index is 7.61. The fourth-order valence-electron chi connectivity index (χ4n) is 0. The summed E-state index contributed by atoms with van der Waals surface area (Å²) in [4.78, 5) is 0. The van der Waals surface area contributed by atoms with Gasteiger partial charge in [-0.05, 0) is 0 Å². The van der Waals surface area contributed by atoms with E-state index in [2.05, 4.69) is 0 Å². The SMILES string of the molecule is [Li+].[Li+].[O-2].[O]=[Pb]. The molecule has 5 heavy (non-hydrogen) atoms. The van der Waals surface area contributed by atoms with E-state index in [4.69, 9.17) is 2.69 Å². The van der Waals surface area contributed by atoms with Crippen LogP contribution in [0.4, 0.5) is 0 Å². The van der Waals surface area contributed by atoms with Crippen LogP contribution in [-0.4, -0.2) is 25.8 Å². The molecule has 0 fully saturated rings. The predicted molar refractivity (Wildman–Crippen MR) is 7.13 cm³/mol. The van der Waals surface area contributed by atoms with Gasteiger partial charge < -0.3 is 5.48 Å². The third kappa shape index (κ3) is 25.1. The Kier molecular flexibility index (Phi) is 228. The van der Waals surface area contributed by atoms with Gasteiger partial charge in [0.15, 0.2) is 0 Å². The van der Waals surface area contributed by atoms with Gasteiger partial charge in [0.25, 0.3) is 0 Å². The molecule has 0 rings (SSSR count). The normalized spacial score (nSPS) is 0.800. The molecule has 0 aliphatic carbocycles. The van der Waals surface area contributed by atoms with E-state index in [1.54, 1.807) is 0 Å². The zero-order chi connectivity index (χ0) is 2.00. The molecule has 18 valence electrons. The van der Waals surface area contributed by atoms with Crippen molar-refractivity contribution < 1.29 is 45.9 Å². The molecule has 0 atom stereocenters. The summed E-state index contributed by atoms with van der Waals surface area (Å²) < 4.78 is 8.39. The van der Waals surface area contributed by atoms with E-state index in [1.165, 1.54) is 0 Å². The van der Waals surface area contributed by atoms with E-state index in [1.807, 2.05) is 0 Å². The van der Waals surface area contributed by atoms with E-state index in [0.29, 0.717) is 0 Å². The summed E-state index contributed by atoms with van der Waals surface area (Å²) in [7, 11) is 0. The fourth-order valence-corrected chi connectivity index (χ4v) is 0. The number of rotatable bonds is 0. The van der Waals surface area contributed by atoms with Crippen LogP contribution in [0.5, 0.6) is 0 Å². The molecule has 0 spiro atoms. The summed E-state index contributed by atoms with van der Waals surface area (Å²) in [6, 6.07) is 0. The third-order valence-electron chi connectivity index (χ3n) is 0. The molecule has 0 aromatic heterocycles. The molecular weight excluding hydrogens is 253 g/mol. The van der Waals surface area contributed by atoms with Crippen molar-refractivity contribution in [2.45, 2.75) is 0 Å². The monoisotopic (exact) mass is 254 g/mol. The molecular formula is Li2O2Pb. The molecule has 0 heterocycles. The second-order valence-corrected chi connectivity index (χ2v) is 0. The summed E-state index contributed by atoms with van der Waals surface area (Å²) in [5.74, 6) is 0. The van der Waals surface area contributed by atoms with Crippen LogP contribution < -0.4 is 37.7 Å². The van der Waals surface area contributed by atoms with E-state index in [-0.39, 0.29) is 69.0 Å². The first-order valence-electron chi connectivity index (χ1n) is 0.204. The second-order valence-electron chi connectivity index (χ2n) is 0. The van der Waals surface area contributed by atoms with Gasteiger partial charge in [-0.2, -0.15) is 0 Å². The topological polar surface area (TPSA) is 45.6 Å². The summed E-state index contributed by atoms with van der Waals surface area (Å²) in [6.07, 6.45) is 0. The molecule has 2 nitrogen and oxygen atoms in total. The maximum absolute atomic E-state index is 8.39. The van der Waals surface area contributed by atoms with Gasteiger partial charge in [-0.3, -0.25) is 0 Å². The number of hydrogen-bond acceptors (Lipinski definition) is 1. The van der Waals surface area contributed by atoms with Crippen molar-refractivity contribution in [3.05, 3.63) is 0 Å². The van der Waals surface area contributed by atoms with E-state index in [9.17, 15) is 0 Å². The average Bonchev–Trinajstić information content (AvgIpc) is 1.00. The quantitative estimate of drug-likeness (QED) is 0.396. The molecule has 0 aliphatic rings. The molecule has 0 aromatic carbocycles. The van der Waals surface area contributed by atoms with Crippen molar-refractivity contribution >= 4 is 25.8 Å². The van der Waals surface area contributed by atoms with Gasteiger partial charge in [0.1, 0.15) is 0 Å². The van der Waals surface area contributed by atoms with Crippen LogP contribution in [0.1, 0.15) is 0 Å². The molecule has 0 aromatic rings. The van der Waals surface area contributed by atoms with E-state index in [0.717, 1.165) is 0 Å². The van der Waals surface area contributed by atoms with Crippen molar-refractivity contribution in [1.82, 2.24) is 0 Å². The molecule has 0 amide bonds. The van der Waals surface area contributed by atoms with Gasteiger partial charge in [0.05, 0.1) is 0 Å². The Balaban J connectivity index is -0.00000000167. The van der Waals surface area contributed by atoms with Crippen molar-refractivity contribution in [1.29, 1.82) is 0 Å². The Hall–Kier alpha value is 1.88. The summed E-state index contributed by atoms with van der Waals surface area (Å²) in [5.41, 5.74) is 0. The van der Waals surface area contributed by atoms with E-state index >= 15 is 0 Å². The van der Waals surface area contributed by atoms with E-state index < -0.39 is 0 Å². The van der Waals surface area contributed by atoms with Crippen LogP contribution in [0.25, 0.3) is 0 Å². The molecule has 0 bridgehead atoms. The van der Waals surface area contributed by atoms with Gasteiger partial charge in [0.2, 0.25) is 0 Å². The van der Waals surface area contributed by atoms with Gasteiger partial charge in [-0.1, -0.05) is 0 Å².